The quantitative estimate of drug-likeness (QED) is 0.565. The number of amides is 2. The molecular formula is C20H22N4O4. The van der Waals surface area contributed by atoms with E-state index in [4.69, 9.17) is 0 Å². The van der Waals surface area contributed by atoms with E-state index in [-0.39, 0.29) is 17.5 Å². The fraction of sp³-hybridized carbons (Fsp3) is 0.300. The number of nitro groups is 1. The highest BCUT2D eigenvalue weighted by Crippen LogP contribution is 2.19. The van der Waals surface area contributed by atoms with Crippen molar-refractivity contribution < 1.29 is 14.5 Å². The first-order valence-corrected chi connectivity index (χ1v) is 9.11. The summed E-state index contributed by atoms with van der Waals surface area (Å²) in [6.07, 6.45) is 1.50. The van der Waals surface area contributed by atoms with Crippen LogP contribution in [-0.4, -0.2) is 34.2 Å². The number of nitrogens with zero attached hydrogens (tertiary/aromatic N) is 2. The fourth-order valence-corrected chi connectivity index (χ4v) is 3.11. The van der Waals surface area contributed by atoms with E-state index in [9.17, 15) is 19.7 Å². The third-order valence-corrected chi connectivity index (χ3v) is 4.57. The number of benzene rings is 2. The number of hydrogen-bond donors (Lipinski definition) is 2. The second-order valence-electron chi connectivity index (χ2n) is 6.78. The number of carbonyl (C=O) groups excluding carboxylic acids is 2. The van der Waals surface area contributed by atoms with Crippen molar-refractivity contribution in [1.82, 2.24) is 4.90 Å². The molecule has 1 unspecified atom stereocenters. The van der Waals surface area contributed by atoms with Gasteiger partial charge in [-0.25, -0.2) is 0 Å². The van der Waals surface area contributed by atoms with Crippen molar-refractivity contribution in [1.29, 1.82) is 0 Å². The maximum absolute atomic E-state index is 12.4. The Balaban J connectivity index is 1.60. The van der Waals surface area contributed by atoms with Gasteiger partial charge in [0.25, 0.3) is 5.69 Å². The van der Waals surface area contributed by atoms with Gasteiger partial charge in [-0.15, -0.1) is 0 Å². The van der Waals surface area contributed by atoms with Gasteiger partial charge in [0.15, 0.2) is 0 Å². The molecule has 0 spiro atoms. The predicted molar refractivity (Wildman–Crippen MR) is 106 cm³/mol. The third-order valence-electron chi connectivity index (χ3n) is 4.57. The molecular weight excluding hydrogens is 360 g/mol. The second-order valence-corrected chi connectivity index (χ2v) is 6.78. The Bertz CT molecular complexity index is 899. The summed E-state index contributed by atoms with van der Waals surface area (Å²) in [5, 5.41) is 16.6. The number of hydrogen-bond acceptors (Lipinski definition) is 5. The lowest BCUT2D eigenvalue weighted by atomic mass is 10.1. The molecule has 0 aliphatic carbocycles. The molecule has 2 aromatic rings. The van der Waals surface area contributed by atoms with Crippen molar-refractivity contribution in [2.75, 3.05) is 17.2 Å². The minimum absolute atomic E-state index is 0.0810. The molecule has 3 rings (SSSR count). The lowest BCUT2D eigenvalue weighted by molar-refractivity contribution is -0.384. The van der Waals surface area contributed by atoms with Crippen LogP contribution in [0.2, 0.25) is 0 Å². The monoisotopic (exact) mass is 382 g/mol. The molecule has 1 atom stereocenters. The lowest BCUT2D eigenvalue weighted by Crippen LogP contribution is -2.32. The largest absolute Gasteiger partial charge is 0.374 e. The van der Waals surface area contributed by atoms with Gasteiger partial charge >= 0.3 is 0 Å². The number of anilines is 2. The highest BCUT2D eigenvalue weighted by atomic mass is 16.6. The van der Waals surface area contributed by atoms with Gasteiger partial charge in [-0.1, -0.05) is 18.2 Å². The van der Waals surface area contributed by atoms with Crippen molar-refractivity contribution in [3.05, 3.63) is 64.2 Å². The molecule has 28 heavy (non-hydrogen) atoms. The van der Waals surface area contributed by atoms with Gasteiger partial charge in [-0.3, -0.25) is 19.7 Å². The van der Waals surface area contributed by atoms with Crippen molar-refractivity contribution in [3.63, 3.8) is 0 Å². The van der Waals surface area contributed by atoms with Crippen LogP contribution in [0, 0.1) is 10.1 Å². The smallest absolute Gasteiger partial charge is 0.271 e. The third kappa shape index (κ3) is 4.85. The number of rotatable bonds is 7. The molecule has 2 aromatic carbocycles. The van der Waals surface area contributed by atoms with E-state index in [1.807, 2.05) is 29.2 Å². The van der Waals surface area contributed by atoms with Crippen molar-refractivity contribution >= 4 is 28.9 Å². The molecule has 1 saturated heterocycles. The van der Waals surface area contributed by atoms with Gasteiger partial charge < -0.3 is 15.5 Å². The molecule has 1 aliphatic rings. The number of carbonyl (C=O) groups is 2. The lowest BCUT2D eigenvalue weighted by Gasteiger charge is -2.18. The normalized spacial score (nSPS) is 14.6. The fourth-order valence-electron chi connectivity index (χ4n) is 3.11. The van der Waals surface area contributed by atoms with Gasteiger partial charge in [0.2, 0.25) is 11.8 Å². The van der Waals surface area contributed by atoms with Crippen LogP contribution in [0.5, 0.6) is 0 Å². The summed E-state index contributed by atoms with van der Waals surface area (Å²) in [6.45, 7) is 3.05. The van der Waals surface area contributed by atoms with Crippen LogP contribution in [0.4, 0.5) is 17.1 Å². The number of likely N-dealkylation sites (tertiary alicyclic amines) is 1. The van der Waals surface area contributed by atoms with Gasteiger partial charge in [-0.2, -0.15) is 0 Å². The van der Waals surface area contributed by atoms with Gasteiger partial charge in [-0.05, 0) is 37.1 Å². The molecule has 2 amide bonds. The van der Waals surface area contributed by atoms with Crippen LogP contribution in [0.15, 0.2) is 48.5 Å². The zero-order chi connectivity index (χ0) is 20.1. The highest BCUT2D eigenvalue weighted by molar-refractivity contribution is 5.96. The minimum atomic E-state index is -0.553. The summed E-state index contributed by atoms with van der Waals surface area (Å²) in [5.74, 6) is -0.135. The first-order valence-electron chi connectivity index (χ1n) is 9.11. The van der Waals surface area contributed by atoms with Crippen molar-refractivity contribution in [2.45, 2.75) is 32.4 Å². The summed E-state index contributed by atoms with van der Waals surface area (Å²) < 4.78 is 0. The molecule has 0 bridgehead atoms. The number of non-ortho nitro benzene ring substituents is 1. The van der Waals surface area contributed by atoms with Crippen LogP contribution in [0.3, 0.4) is 0 Å². The molecule has 0 aromatic heterocycles. The van der Waals surface area contributed by atoms with E-state index in [2.05, 4.69) is 10.6 Å². The molecule has 0 radical (unpaired) electrons. The zero-order valence-electron chi connectivity index (χ0n) is 15.6. The van der Waals surface area contributed by atoms with Crippen LogP contribution < -0.4 is 10.6 Å². The Morgan fingerprint density at radius 2 is 1.96 bits per heavy atom. The summed E-state index contributed by atoms with van der Waals surface area (Å²) in [6, 6.07) is 12.9. The zero-order valence-corrected chi connectivity index (χ0v) is 15.6. The van der Waals surface area contributed by atoms with Crippen molar-refractivity contribution in [2.24, 2.45) is 0 Å². The average molecular weight is 382 g/mol. The molecule has 8 heteroatoms. The van der Waals surface area contributed by atoms with Gasteiger partial charge in [0.05, 0.1) is 4.92 Å². The topological polar surface area (TPSA) is 105 Å². The summed E-state index contributed by atoms with van der Waals surface area (Å²) >= 11 is 0. The number of nitrogens with one attached hydrogen (secondary N) is 2. The summed E-state index contributed by atoms with van der Waals surface area (Å²) in [7, 11) is 0. The van der Waals surface area contributed by atoms with E-state index >= 15 is 0 Å². The van der Waals surface area contributed by atoms with E-state index in [1.54, 1.807) is 13.0 Å². The number of nitro benzene ring substituents is 1. The minimum Gasteiger partial charge on any atom is -0.374 e. The maximum Gasteiger partial charge on any atom is 0.271 e. The van der Waals surface area contributed by atoms with Gasteiger partial charge in [0, 0.05) is 43.0 Å². The second kappa shape index (κ2) is 8.51. The molecule has 1 heterocycles. The Kier molecular flexibility index (Phi) is 5.88. The highest BCUT2D eigenvalue weighted by Gasteiger charge is 2.20. The molecule has 2 N–H and O–H groups in total. The van der Waals surface area contributed by atoms with E-state index in [0.29, 0.717) is 18.7 Å². The molecule has 0 saturated carbocycles. The molecule has 8 nitrogen and oxygen atoms in total. The Hall–Kier alpha value is -3.42. The van der Waals surface area contributed by atoms with Crippen LogP contribution in [0.25, 0.3) is 0 Å². The first-order chi connectivity index (χ1) is 13.4. The van der Waals surface area contributed by atoms with Gasteiger partial charge in [0.1, 0.15) is 6.04 Å². The molecule has 146 valence electrons. The molecule has 1 aliphatic heterocycles. The SMILES string of the molecule is CC(Nc1cccc(CN2CCCC2=O)c1)C(=O)Nc1cccc([N+](=O)[O-])c1. The summed E-state index contributed by atoms with van der Waals surface area (Å²) in [5.41, 5.74) is 2.05. The van der Waals surface area contributed by atoms with Crippen LogP contribution in [-0.2, 0) is 16.1 Å². The Labute approximate surface area is 162 Å². The van der Waals surface area contributed by atoms with Crippen LogP contribution >= 0.6 is 0 Å². The average Bonchev–Trinajstić information content (AvgIpc) is 3.06. The van der Waals surface area contributed by atoms with E-state index < -0.39 is 11.0 Å². The van der Waals surface area contributed by atoms with Crippen LogP contribution in [0.1, 0.15) is 25.3 Å². The van der Waals surface area contributed by atoms with Crippen molar-refractivity contribution in [3.8, 4) is 0 Å². The van der Waals surface area contributed by atoms with E-state index in [1.165, 1.54) is 18.2 Å². The van der Waals surface area contributed by atoms with E-state index in [0.717, 1.165) is 24.2 Å². The predicted octanol–water partition coefficient (Wildman–Crippen LogP) is 3.16. The Morgan fingerprint density at radius 3 is 2.68 bits per heavy atom. The standard InChI is InChI=1S/C20H22N4O4/c1-14(20(26)22-17-7-3-8-18(12-17)24(27)28)21-16-6-2-5-15(11-16)13-23-10-4-9-19(23)25/h2-3,5-8,11-12,14,21H,4,9-10,13H2,1H3,(H,22,26). The Morgan fingerprint density at radius 1 is 1.21 bits per heavy atom. The maximum atomic E-state index is 12.4. The first kappa shape index (κ1) is 19.3. The summed E-state index contributed by atoms with van der Waals surface area (Å²) in [4.78, 5) is 36.4. The molecule has 1 fully saturated rings.